The Morgan fingerprint density at radius 2 is 2.00 bits per heavy atom. The molecular weight excluding hydrogens is 224 g/mol. The van der Waals surface area contributed by atoms with Gasteiger partial charge in [-0.25, -0.2) is 4.79 Å². The highest BCUT2D eigenvalue weighted by atomic mass is 16.6. The van der Waals surface area contributed by atoms with Gasteiger partial charge in [0.15, 0.2) is 0 Å². The van der Waals surface area contributed by atoms with E-state index >= 15 is 0 Å². The van der Waals surface area contributed by atoms with E-state index in [4.69, 9.17) is 14.2 Å². The van der Waals surface area contributed by atoms with E-state index in [1.54, 1.807) is 20.8 Å². The van der Waals surface area contributed by atoms with Crippen LogP contribution in [0.1, 0.15) is 40.0 Å². The van der Waals surface area contributed by atoms with E-state index in [-0.39, 0.29) is 0 Å². The molecule has 5 heteroatoms. The number of esters is 1. The van der Waals surface area contributed by atoms with Crippen molar-refractivity contribution in [1.82, 2.24) is 0 Å². The zero-order valence-electron chi connectivity index (χ0n) is 10.7. The molecule has 0 aromatic carbocycles. The minimum atomic E-state index is -1.18. The molecule has 1 aliphatic rings. The molecule has 0 saturated carbocycles. The van der Waals surface area contributed by atoms with Gasteiger partial charge in [0.2, 0.25) is 5.60 Å². The van der Waals surface area contributed by atoms with Crippen LogP contribution >= 0.6 is 0 Å². The molecule has 1 aliphatic heterocycles. The van der Waals surface area contributed by atoms with Crippen LogP contribution in [-0.4, -0.2) is 36.9 Å². The van der Waals surface area contributed by atoms with Gasteiger partial charge in [-0.05, 0) is 27.2 Å². The van der Waals surface area contributed by atoms with Crippen molar-refractivity contribution < 1.29 is 23.8 Å². The Bertz CT molecular complexity index is 271. The molecule has 0 spiro atoms. The second-order valence-corrected chi connectivity index (χ2v) is 5.18. The summed E-state index contributed by atoms with van der Waals surface area (Å²) in [6, 6.07) is 0. The second-order valence-electron chi connectivity index (χ2n) is 5.18. The van der Waals surface area contributed by atoms with Gasteiger partial charge in [0.1, 0.15) is 5.60 Å². The van der Waals surface area contributed by atoms with Crippen LogP contribution in [0.3, 0.4) is 0 Å². The van der Waals surface area contributed by atoms with Crippen molar-refractivity contribution in [3.63, 3.8) is 0 Å². The molecule has 0 aliphatic carbocycles. The molecule has 1 rings (SSSR count). The average Bonchev–Trinajstić information content (AvgIpc) is 2.42. The van der Waals surface area contributed by atoms with Crippen molar-refractivity contribution in [3.05, 3.63) is 0 Å². The standard InChI is InChI=1S/C12H20O5/c1-11(2,3)17-10(14)12(16-9-13)5-4-7-15-8-6-12/h9H,4-8H2,1-3H3/t12-/m0/s1. The molecule has 1 saturated heterocycles. The molecule has 98 valence electrons. The van der Waals surface area contributed by atoms with E-state index in [2.05, 4.69) is 0 Å². The third-order valence-electron chi connectivity index (χ3n) is 2.56. The van der Waals surface area contributed by atoms with E-state index in [1.807, 2.05) is 0 Å². The first kappa shape index (κ1) is 14.0. The van der Waals surface area contributed by atoms with E-state index in [1.165, 1.54) is 0 Å². The van der Waals surface area contributed by atoms with E-state index in [0.717, 1.165) is 0 Å². The number of rotatable bonds is 3. The lowest BCUT2D eigenvalue weighted by atomic mass is 9.94. The molecule has 1 atom stereocenters. The van der Waals surface area contributed by atoms with Crippen molar-refractivity contribution >= 4 is 12.4 Å². The zero-order chi connectivity index (χ0) is 12.9. The minimum Gasteiger partial charge on any atom is -0.457 e. The highest BCUT2D eigenvalue weighted by molar-refractivity contribution is 5.81. The molecule has 0 radical (unpaired) electrons. The summed E-state index contributed by atoms with van der Waals surface area (Å²) >= 11 is 0. The first-order valence-corrected chi connectivity index (χ1v) is 5.82. The Kier molecular flexibility index (Phi) is 4.51. The molecule has 0 N–H and O–H groups in total. The van der Waals surface area contributed by atoms with Gasteiger partial charge in [0, 0.05) is 19.4 Å². The van der Waals surface area contributed by atoms with Gasteiger partial charge in [-0.1, -0.05) is 0 Å². The van der Waals surface area contributed by atoms with E-state index < -0.39 is 17.2 Å². The average molecular weight is 244 g/mol. The Morgan fingerprint density at radius 3 is 2.59 bits per heavy atom. The maximum atomic E-state index is 12.1. The van der Waals surface area contributed by atoms with Crippen molar-refractivity contribution in [2.45, 2.75) is 51.2 Å². The summed E-state index contributed by atoms with van der Waals surface area (Å²) in [5, 5.41) is 0. The molecule has 0 unspecified atom stereocenters. The summed E-state index contributed by atoms with van der Waals surface area (Å²) < 4.78 is 15.6. The van der Waals surface area contributed by atoms with Gasteiger partial charge < -0.3 is 14.2 Å². The predicted molar refractivity (Wildman–Crippen MR) is 60.4 cm³/mol. The Hall–Kier alpha value is -1.10. The smallest absolute Gasteiger partial charge is 0.351 e. The van der Waals surface area contributed by atoms with Gasteiger partial charge in [-0.3, -0.25) is 4.79 Å². The highest BCUT2D eigenvalue weighted by Crippen LogP contribution is 2.28. The zero-order valence-corrected chi connectivity index (χ0v) is 10.7. The topological polar surface area (TPSA) is 61.8 Å². The lowest BCUT2D eigenvalue weighted by Gasteiger charge is -2.31. The number of hydrogen-bond donors (Lipinski definition) is 0. The Balaban J connectivity index is 2.81. The minimum absolute atomic E-state index is 0.315. The fourth-order valence-corrected chi connectivity index (χ4v) is 1.76. The fourth-order valence-electron chi connectivity index (χ4n) is 1.76. The number of carbonyl (C=O) groups excluding carboxylic acids is 2. The van der Waals surface area contributed by atoms with Crippen LogP contribution in [0.2, 0.25) is 0 Å². The van der Waals surface area contributed by atoms with Crippen LogP contribution in [0, 0.1) is 0 Å². The molecular formula is C12H20O5. The summed E-state index contributed by atoms with van der Waals surface area (Å²) in [7, 11) is 0. The summed E-state index contributed by atoms with van der Waals surface area (Å²) in [5.74, 6) is -0.484. The summed E-state index contributed by atoms with van der Waals surface area (Å²) in [5.41, 5.74) is -1.77. The van der Waals surface area contributed by atoms with Crippen LogP contribution < -0.4 is 0 Å². The molecule has 0 amide bonds. The molecule has 0 aromatic rings. The number of carbonyl (C=O) groups is 2. The van der Waals surface area contributed by atoms with E-state index in [9.17, 15) is 9.59 Å². The molecule has 5 nitrogen and oxygen atoms in total. The second kappa shape index (κ2) is 5.49. The normalized spacial score (nSPS) is 25.8. The van der Waals surface area contributed by atoms with Crippen molar-refractivity contribution in [2.24, 2.45) is 0 Å². The van der Waals surface area contributed by atoms with Gasteiger partial charge >= 0.3 is 5.97 Å². The predicted octanol–water partition coefficient (Wildman–Crippen LogP) is 1.44. The lowest BCUT2D eigenvalue weighted by Crippen LogP contribution is -2.46. The summed E-state index contributed by atoms with van der Waals surface area (Å²) in [4.78, 5) is 22.7. The van der Waals surface area contributed by atoms with E-state index in [0.29, 0.717) is 38.9 Å². The molecule has 17 heavy (non-hydrogen) atoms. The maximum Gasteiger partial charge on any atom is 0.351 e. The quantitative estimate of drug-likeness (QED) is 0.555. The van der Waals surface area contributed by atoms with Crippen molar-refractivity contribution in [1.29, 1.82) is 0 Å². The Labute approximate surface area is 101 Å². The monoisotopic (exact) mass is 244 g/mol. The SMILES string of the molecule is CC(C)(C)OC(=O)[C@]1(OC=O)CCCOCC1. The third kappa shape index (κ3) is 4.00. The Morgan fingerprint density at radius 1 is 1.29 bits per heavy atom. The van der Waals surface area contributed by atoms with Gasteiger partial charge in [0.25, 0.3) is 6.47 Å². The van der Waals surface area contributed by atoms with Crippen LogP contribution in [0.25, 0.3) is 0 Å². The summed E-state index contributed by atoms with van der Waals surface area (Å²) in [6.07, 6.45) is 1.47. The lowest BCUT2D eigenvalue weighted by molar-refractivity contribution is -0.187. The largest absolute Gasteiger partial charge is 0.457 e. The van der Waals surface area contributed by atoms with Crippen LogP contribution in [0.5, 0.6) is 0 Å². The van der Waals surface area contributed by atoms with Gasteiger partial charge in [-0.2, -0.15) is 0 Å². The molecule has 1 fully saturated rings. The van der Waals surface area contributed by atoms with Crippen LogP contribution in [0.4, 0.5) is 0 Å². The van der Waals surface area contributed by atoms with Gasteiger partial charge in [-0.15, -0.1) is 0 Å². The fraction of sp³-hybridized carbons (Fsp3) is 0.833. The summed E-state index contributed by atoms with van der Waals surface area (Å²) in [6.45, 7) is 6.64. The first-order chi connectivity index (χ1) is 7.90. The molecule has 1 heterocycles. The molecule has 0 aromatic heterocycles. The maximum absolute atomic E-state index is 12.1. The molecule has 0 bridgehead atoms. The highest BCUT2D eigenvalue weighted by Gasteiger charge is 2.44. The van der Waals surface area contributed by atoms with Crippen LogP contribution in [0.15, 0.2) is 0 Å². The first-order valence-electron chi connectivity index (χ1n) is 5.82. The van der Waals surface area contributed by atoms with Crippen molar-refractivity contribution in [3.8, 4) is 0 Å². The third-order valence-corrected chi connectivity index (χ3v) is 2.56. The van der Waals surface area contributed by atoms with Gasteiger partial charge in [0.05, 0.1) is 6.61 Å². The number of hydrogen-bond acceptors (Lipinski definition) is 5. The van der Waals surface area contributed by atoms with Crippen molar-refractivity contribution in [2.75, 3.05) is 13.2 Å². The number of ether oxygens (including phenoxy) is 3. The van der Waals surface area contributed by atoms with Crippen LogP contribution in [-0.2, 0) is 23.8 Å².